The second kappa shape index (κ2) is 8.74. The topological polar surface area (TPSA) is 73.9 Å². The molecule has 1 aliphatic rings. The highest BCUT2D eigenvalue weighted by molar-refractivity contribution is 5.98. The van der Waals surface area contributed by atoms with E-state index in [4.69, 9.17) is 0 Å². The van der Waals surface area contributed by atoms with E-state index >= 15 is 0 Å². The number of amides is 1. The van der Waals surface area contributed by atoms with Crippen molar-refractivity contribution in [3.63, 3.8) is 0 Å². The van der Waals surface area contributed by atoms with E-state index in [1.54, 1.807) is 6.33 Å². The average Bonchev–Trinajstić information content (AvgIpc) is 3.19. The Hall–Kier alpha value is -2.73. The highest BCUT2D eigenvalue weighted by atomic mass is 16.2. The van der Waals surface area contributed by atoms with Crippen molar-refractivity contribution in [1.82, 2.24) is 25.2 Å². The van der Waals surface area contributed by atoms with Crippen LogP contribution in [-0.4, -0.2) is 44.4 Å². The zero-order chi connectivity index (χ0) is 20.2. The number of benzene rings is 1. The number of rotatable bonds is 6. The van der Waals surface area contributed by atoms with Gasteiger partial charge in [-0.3, -0.25) is 4.79 Å². The van der Waals surface area contributed by atoms with Gasteiger partial charge in [0, 0.05) is 53.5 Å². The van der Waals surface area contributed by atoms with Crippen LogP contribution >= 0.6 is 0 Å². The number of nitrogens with one attached hydrogen (secondary N) is 2. The summed E-state index contributed by atoms with van der Waals surface area (Å²) >= 11 is 0. The highest BCUT2D eigenvalue weighted by Crippen LogP contribution is 2.27. The second-order valence-electron chi connectivity index (χ2n) is 7.94. The molecular formula is C23H29N5O. The van der Waals surface area contributed by atoms with E-state index in [0.717, 1.165) is 42.1 Å². The molecule has 0 bridgehead atoms. The summed E-state index contributed by atoms with van der Waals surface area (Å²) in [6, 6.07) is 10.8. The summed E-state index contributed by atoms with van der Waals surface area (Å²) in [5.74, 6) is 0.0962. The van der Waals surface area contributed by atoms with Gasteiger partial charge in [0.15, 0.2) is 0 Å². The first kappa shape index (κ1) is 19.6. The average molecular weight is 392 g/mol. The number of carbonyl (C=O) groups is 1. The fourth-order valence-electron chi connectivity index (χ4n) is 4.49. The molecule has 1 amide bonds. The Morgan fingerprint density at radius 3 is 2.83 bits per heavy atom. The summed E-state index contributed by atoms with van der Waals surface area (Å²) in [5.41, 5.74) is 2.78. The summed E-state index contributed by atoms with van der Waals surface area (Å²) in [5, 5.41) is 4.80. The van der Waals surface area contributed by atoms with E-state index in [9.17, 15) is 4.79 Å². The lowest BCUT2D eigenvalue weighted by atomic mass is 9.89. The minimum absolute atomic E-state index is 0.0962. The fourth-order valence-corrected chi connectivity index (χ4v) is 4.49. The maximum Gasteiger partial charge on any atom is 0.270 e. The molecule has 0 radical (unpaired) electrons. The predicted octanol–water partition coefficient (Wildman–Crippen LogP) is 4.08. The van der Waals surface area contributed by atoms with Crippen molar-refractivity contribution in [3.8, 4) is 0 Å². The van der Waals surface area contributed by atoms with Gasteiger partial charge in [-0.25, -0.2) is 9.97 Å². The molecule has 0 unspecified atom stereocenters. The van der Waals surface area contributed by atoms with E-state index in [1.807, 2.05) is 47.6 Å². The first-order valence-corrected chi connectivity index (χ1v) is 10.6. The Morgan fingerprint density at radius 1 is 1.28 bits per heavy atom. The van der Waals surface area contributed by atoms with E-state index < -0.39 is 0 Å². The van der Waals surface area contributed by atoms with Crippen LogP contribution in [0, 0.1) is 0 Å². The van der Waals surface area contributed by atoms with E-state index in [1.165, 1.54) is 0 Å². The summed E-state index contributed by atoms with van der Waals surface area (Å²) in [4.78, 5) is 26.8. The van der Waals surface area contributed by atoms with Crippen LogP contribution in [-0.2, 0) is 0 Å². The van der Waals surface area contributed by atoms with Gasteiger partial charge in [-0.2, -0.15) is 0 Å². The summed E-state index contributed by atoms with van der Waals surface area (Å²) < 4.78 is 0. The molecule has 0 spiro atoms. The lowest BCUT2D eigenvalue weighted by Gasteiger charge is -2.38. The number of para-hydroxylation sites is 1. The molecular weight excluding hydrogens is 362 g/mol. The molecule has 2 heterocycles. The third kappa shape index (κ3) is 4.32. The molecule has 6 nitrogen and oxygen atoms in total. The van der Waals surface area contributed by atoms with Crippen molar-refractivity contribution in [3.05, 3.63) is 60.3 Å². The van der Waals surface area contributed by atoms with Crippen molar-refractivity contribution >= 4 is 16.8 Å². The molecule has 1 saturated carbocycles. The Labute approximate surface area is 171 Å². The van der Waals surface area contributed by atoms with E-state index in [2.05, 4.69) is 34.1 Å². The zero-order valence-corrected chi connectivity index (χ0v) is 17.1. The minimum Gasteiger partial charge on any atom is -0.351 e. The first-order chi connectivity index (χ1) is 14.2. The monoisotopic (exact) mass is 391 g/mol. The van der Waals surface area contributed by atoms with Crippen molar-refractivity contribution < 1.29 is 4.79 Å². The molecule has 2 aromatic heterocycles. The van der Waals surface area contributed by atoms with E-state index in [-0.39, 0.29) is 18.0 Å². The number of aromatic nitrogens is 3. The standard InChI is InChI=1S/C23H29N5O/c1-3-28(23(29)22-11-17-7-4-5-10-21(17)27-22)20-9-6-8-19(12-20)26-16(2)18-13-24-15-25-14-18/h4-5,7,10-11,13-16,19-20,26-27H,3,6,8-9,12H2,1-2H3/t16-,19-,20+/m1/s1. The molecule has 2 N–H and O–H groups in total. The van der Waals surface area contributed by atoms with Gasteiger partial charge in [-0.05, 0) is 51.7 Å². The number of aromatic amines is 1. The summed E-state index contributed by atoms with van der Waals surface area (Å²) in [6.07, 6.45) is 9.56. The summed E-state index contributed by atoms with van der Waals surface area (Å²) in [6.45, 7) is 4.94. The van der Waals surface area contributed by atoms with Crippen LogP contribution in [0.2, 0.25) is 0 Å². The number of hydrogen-bond acceptors (Lipinski definition) is 4. The van der Waals surface area contributed by atoms with Crippen LogP contribution in [0.1, 0.15) is 61.6 Å². The fraction of sp³-hybridized carbons (Fsp3) is 0.435. The Balaban J connectivity index is 1.44. The van der Waals surface area contributed by atoms with Gasteiger partial charge in [0.1, 0.15) is 12.0 Å². The second-order valence-corrected chi connectivity index (χ2v) is 7.94. The van der Waals surface area contributed by atoms with Crippen molar-refractivity contribution in [2.75, 3.05) is 6.54 Å². The molecule has 4 rings (SSSR count). The largest absolute Gasteiger partial charge is 0.351 e. The van der Waals surface area contributed by atoms with Gasteiger partial charge in [-0.1, -0.05) is 18.2 Å². The van der Waals surface area contributed by atoms with Crippen molar-refractivity contribution in [2.45, 2.75) is 57.7 Å². The Kier molecular flexibility index (Phi) is 5.90. The van der Waals surface area contributed by atoms with Crippen LogP contribution in [0.25, 0.3) is 10.9 Å². The molecule has 0 aliphatic heterocycles. The summed E-state index contributed by atoms with van der Waals surface area (Å²) in [7, 11) is 0. The van der Waals surface area contributed by atoms with Crippen LogP contribution in [0.3, 0.4) is 0 Å². The first-order valence-electron chi connectivity index (χ1n) is 10.6. The maximum absolute atomic E-state index is 13.3. The zero-order valence-electron chi connectivity index (χ0n) is 17.1. The lowest BCUT2D eigenvalue weighted by molar-refractivity contribution is 0.0620. The molecule has 6 heteroatoms. The molecule has 152 valence electrons. The lowest BCUT2D eigenvalue weighted by Crippen LogP contribution is -2.47. The van der Waals surface area contributed by atoms with Crippen molar-refractivity contribution in [1.29, 1.82) is 0 Å². The number of fused-ring (bicyclic) bond motifs is 1. The van der Waals surface area contributed by atoms with Crippen LogP contribution < -0.4 is 5.32 Å². The SMILES string of the molecule is CCN(C(=O)c1cc2ccccc2[nH]1)[C@H]1CCC[C@@H](N[C@H](C)c2cncnc2)C1. The Morgan fingerprint density at radius 2 is 2.07 bits per heavy atom. The minimum atomic E-state index is 0.0962. The van der Waals surface area contributed by atoms with Gasteiger partial charge in [0.05, 0.1) is 0 Å². The number of hydrogen-bond donors (Lipinski definition) is 2. The molecule has 1 aromatic carbocycles. The third-order valence-corrected chi connectivity index (χ3v) is 6.02. The van der Waals surface area contributed by atoms with Crippen molar-refractivity contribution in [2.24, 2.45) is 0 Å². The quantitative estimate of drug-likeness (QED) is 0.664. The predicted molar refractivity (Wildman–Crippen MR) is 115 cm³/mol. The van der Waals surface area contributed by atoms with E-state index in [0.29, 0.717) is 18.3 Å². The van der Waals surface area contributed by atoms with Crippen LogP contribution in [0.4, 0.5) is 0 Å². The number of carbonyl (C=O) groups excluding carboxylic acids is 1. The van der Waals surface area contributed by atoms with Crippen LogP contribution in [0.5, 0.6) is 0 Å². The highest BCUT2D eigenvalue weighted by Gasteiger charge is 2.30. The van der Waals surface area contributed by atoms with Gasteiger partial charge in [0.2, 0.25) is 0 Å². The Bertz CT molecular complexity index is 921. The van der Waals surface area contributed by atoms with Gasteiger partial charge in [-0.15, -0.1) is 0 Å². The molecule has 1 aliphatic carbocycles. The number of H-pyrrole nitrogens is 1. The molecule has 0 saturated heterocycles. The van der Waals surface area contributed by atoms with Gasteiger partial charge in [0.25, 0.3) is 5.91 Å². The molecule has 3 aromatic rings. The van der Waals surface area contributed by atoms with Gasteiger partial charge < -0.3 is 15.2 Å². The third-order valence-electron chi connectivity index (χ3n) is 6.02. The number of nitrogens with zero attached hydrogens (tertiary/aromatic N) is 3. The molecule has 29 heavy (non-hydrogen) atoms. The maximum atomic E-state index is 13.3. The van der Waals surface area contributed by atoms with Gasteiger partial charge >= 0.3 is 0 Å². The normalized spacial score (nSPS) is 20.5. The molecule has 1 fully saturated rings. The van der Waals surface area contributed by atoms with Crippen LogP contribution in [0.15, 0.2) is 49.1 Å². The molecule has 3 atom stereocenters. The smallest absolute Gasteiger partial charge is 0.270 e.